The molecule has 0 bridgehead atoms. The Labute approximate surface area is 103 Å². The summed E-state index contributed by atoms with van der Waals surface area (Å²) in [4.78, 5) is 0. The molecule has 1 saturated carbocycles. The number of aromatic nitrogens is 2. The van der Waals surface area contributed by atoms with Crippen molar-refractivity contribution in [3.8, 4) is 0 Å². The number of nitrogens with zero attached hydrogens (tertiary/aromatic N) is 2. The second-order valence-electron chi connectivity index (χ2n) is 6.26. The van der Waals surface area contributed by atoms with Crippen LogP contribution < -0.4 is 0 Å². The molecule has 0 N–H and O–H groups in total. The first-order chi connectivity index (χ1) is 8.05. The average molecular weight is 228 g/mol. The molecule has 1 aliphatic rings. The summed E-state index contributed by atoms with van der Waals surface area (Å²) in [5.74, 6) is 0.872. The third kappa shape index (κ3) is 1.97. The SMILES string of the molecule is CC(C)(C)c1cccc2c1cnn2CC1CC1. The summed E-state index contributed by atoms with van der Waals surface area (Å²) in [5, 5.41) is 5.89. The third-order valence-corrected chi connectivity index (χ3v) is 3.62. The lowest BCUT2D eigenvalue weighted by atomic mass is 9.85. The Morgan fingerprint density at radius 2 is 2.06 bits per heavy atom. The van der Waals surface area contributed by atoms with Gasteiger partial charge in [0.1, 0.15) is 0 Å². The van der Waals surface area contributed by atoms with Crippen molar-refractivity contribution in [2.75, 3.05) is 0 Å². The van der Waals surface area contributed by atoms with Crippen molar-refractivity contribution in [3.63, 3.8) is 0 Å². The Bertz CT molecular complexity index is 542. The summed E-state index contributed by atoms with van der Waals surface area (Å²) in [6.07, 6.45) is 4.79. The standard InChI is InChI=1S/C15H20N2/c1-15(2,3)13-5-4-6-14-12(13)9-16-17(14)10-11-7-8-11/h4-6,9,11H,7-8,10H2,1-3H3. The molecule has 0 saturated heterocycles. The van der Waals surface area contributed by atoms with Crippen LogP contribution in [-0.4, -0.2) is 9.78 Å². The summed E-state index contributed by atoms with van der Waals surface area (Å²) in [6, 6.07) is 6.58. The molecule has 0 spiro atoms. The first kappa shape index (κ1) is 10.8. The highest BCUT2D eigenvalue weighted by atomic mass is 15.3. The summed E-state index contributed by atoms with van der Waals surface area (Å²) in [5.41, 5.74) is 2.88. The van der Waals surface area contributed by atoms with Gasteiger partial charge in [-0.25, -0.2) is 0 Å². The molecule has 0 amide bonds. The summed E-state index contributed by atoms with van der Waals surface area (Å²) >= 11 is 0. The van der Waals surface area contributed by atoms with E-state index in [9.17, 15) is 0 Å². The number of fused-ring (bicyclic) bond motifs is 1. The van der Waals surface area contributed by atoms with Crippen molar-refractivity contribution in [2.24, 2.45) is 5.92 Å². The maximum atomic E-state index is 4.57. The van der Waals surface area contributed by atoms with Crippen LogP contribution in [0, 0.1) is 5.92 Å². The van der Waals surface area contributed by atoms with Crippen LogP contribution >= 0.6 is 0 Å². The van der Waals surface area contributed by atoms with Crippen LogP contribution in [0.2, 0.25) is 0 Å². The molecule has 0 aliphatic heterocycles. The highest BCUT2D eigenvalue weighted by molar-refractivity contribution is 5.83. The van der Waals surface area contributed by atoms with Gasteiger partial charge in [0.05, 0.1) is 11.7 Å². The predicted octanol–water partition coefficient (Wildman–Crippen LogP) is 3.74. The highest BCUT2D eigenvalue weighted by Gasteiger charge is 2.24. The molecule has 0 unspecified atom stereocenters. The average Bonchev–Trinajstić information content (AvgIpc) is 2.97. The molecule has 2 nitrogen and oxygen atoms in total. The smallest absolute Gasteiger partial charge is 0.0685 e. The zero-order chi connectivity index (χ0) is 12.0. The van der Waals surface area contributed by atoms with Crippen molar-refractivity contribution in [1.29, 1.82) is 0 Å². The quantitative estimate of drug-likeness (QED) is 0.765. The minimum atomic E-state index is 0.187. The van der Waals surface area contributed by atoms with Gasteiger partial charge in [0.2, 0.25) is 0 Å². The lowest BCUT2D eigenvalue weighted by Gasteiger charge is -2.19. The van der Waals surface area contributed by atoms with E-state index in [2.05, 4.69) is 48.8 Å². The summed E-state index contributed by atoms with van der Waals surface area (Å²) in [7, 11) is 0. The minimum Gasteiger partial charge on any atom is -0.265 e. The molecule has 90 valence electrons. The van der Waals surface area contributed by atoms with Gasteiger partial charge >= 0.3 is 0 Å². The molecular weight excluding hydrogens is 208 g/mol. The molecule has 2 aromatic rings. The third-order valence-electron chi connectivity index (χ3n) is 3.62. The monoisotopic (exact) mass is 228 g/mol. The molecule has 1 aliphatic carbocycles. The maximum Gasteiger partial charge on any atom is 0.0685 e. The lowest BCUT2D eigenvalue weighted by molar-refractivity contribution is 0.580. The van der Waals surface area contributed by atoms with E-state index >= 15 is 0 Å². The number of benzene rings is 1. The van der Waals surface area contributed by atoms with E-state index in [0.29, 0.717) is 0 Å². The van der Waals surface area contributed by atoms with Crippen LogP contribution in [-0.2, 0) is 12.0 Å². The first-order valence-corrected chi connectivity index (χ1v) is 6.51. The molecule has 0 atom stereocenters. The number of hydrogen-bond donors (Lipinski definition) is 0. The van der Waals surface area contributed by atoms with E-state index in [1.165, 1.54) is 29.3 Å². The first-order valence-electron chi connectivity index (χ1n) is 6.51. The van der Waals surface area contributed by atoms with E-state index in [-0.39, 0.29) is 5.41 Å². The van der Waals surface area contributed by atoms with Gasteiger partial charge in [-0.2, -0.15) is 5.10 Å². The zero-order valence-electron chi connectivity index (χ0n) is 10.9. The fourth-order valence-electron chi connectivity index (χ4n) is 2.45. The van der Waals surface area contributed by atoms with Crippen molar-refractivity contribution in [2.45, 2.75) is 45.6 Å². The van der Waals surface area contributed by atoms with Crippen LogP contribution in [0.25, 0.3) is 10.9 Å². The van der Waals surface area contributed by atoms with Gasteiger partial charge in [-0.3, -0.25) is 4.68 Å². The molecule has 17 heavy (non-hydrogen) atoms. The van der Waals surface area contributed by atoms with Gasteiger partial charge in [0.25, 0.3) is 0 Å². The molecule has 1 fully saturated rings. The minimum absolute atomic E-state index is 0.187. The molecule has 1 aromatic carbocycles. The van der Waals surface area contributed by atoms with Gasteiger partial charge in [0.15, 0.2) is 0 Å². The van der Waals surface area contributed by atoms with Crippen LogP contribution in [0.5, 0.6) is 0 Å². The predicted molar refractivity (Wildman–Crippen MR) is 71.2 cm³/mol. The van der Waals surface area contributed by atoms with Crippen LogP contribution in [0.15, 0.2) is 24.4 Å². The Balaban J connectivity index is 2.10. The van der Waals surface area contributed by atoms with Crippen molar-refractivity contribution in [3.05, 3.63) is 30.0 Å². The Morgan fingerprint density at radius 3 is 2.71 bits per heavy atom. The van der Waals surface area contributed by atoms with E-state index in [1.54, 1.807) is 0 Å². The summed E-state index contributed by atoms with van der Waals surface area (Å²) < 4.78 is 2.18. The van der Waals surface area contributed by atoms with Gasteiger partial charge in [-0.05, 0) is 35.8 Å². The molecule has 0 radical (unpaired) electrons. The van der Waals surface area contributed by atoms with Gasteiger partial charge < -0.3 is 0 Å². The largest absolute Gasteiger partial charge is 0.265 e. The molecule has 3 rings (SSSR count). The molecular formula is C15H20N2. The Morgan fingerprint density at radius 1 is 1.29 bits per heavy atom. The van der Waals surface area contributed by atoms with Crippen molar-refractivity contribution < 1.29 is 0 Å². The topological polar surface area (TPSA) is 17.8 Å². The second-order valence-corrected chi connectivity index (χ2v) is 6.26. The Hall–Kier alpha value is -1.31. The van der Waals surface area contributed by atoms with Gasteiger partial charge in [-0.1, -0.05) is 32.9 Å². The molecule has 1 aromatic heterocycles. The van der Waals surface area contributed by atoms with Crippen molar-refractivity contribution in [1.82, 2.24) is 9.78 Å². The van der Waals surface area contributed by atoms with Gasteiger partial charge in [-0.15, -0.1) is 0 Å². The Kier molecular flexibility index (Phi) is 2.29. The van der Waals surface area contributed by atoms with E-state index in [4.69, 9.17) is 0 Å². The fourth-order valence-corrected chi connectivity index (χ4v) is 2.45. The molecule has 2 heteroatoms. The van der Waals surface area contributed by atoms with Crippen LogP contribution in [0.1, 0.15) is 39.2 Å². The van der Waals surface area contributed by atoms with E-state index < -0.39 is 0 Å². The molecule has 1 heterocycles. The fraction of sp³-hybridized carbons (Fsp3) is 0.533. The normalized spacial score (nSPS) is 16.6. The van der Waals surface area contributed by atoms with Gasteiger partial charge in [0, 0.05) is 11.9 Å². The van der Waals surface area contributed by atoms with E-state index in [1.807, 2.05) is 6.20 Å². The van der Waals surface area contributed by atoms with E-state index in [0.717, 1.165) is 12.5 Å². The van der Waals surface area contributed by atoms with Crippen LogP contribution in [0.4, 0.5) is 0 Å². The number of hydrogen-bond acceptors (Lipinski definition) is 1. The van der Waals surface area contributed by atoms with Crippen molar-refractivity contribution >= 4 is 10.9 Å². The number of rotatable bonds is 2. The summed E-state index contributed by atoms with van der Waals surface area (Å²) in [6.45, 7) is 7.89. The zero-order valence-corrected chi connectivity index (χ0v) is 10.9. The second kappa shape index (κ2) is 3.59. The maximum absolute atomic E-state index is 4.57. The highest BCUT2D eigenvalue weighted by Crippen LogP contribution is 2.33. The van der Waals surface area contributed by atoms with Crippen LogP contribution in [0.3, 0.4) is 0 Å². The lowest BCUT2D eigenvalue weighted by Crippen LogP contribution is -2.11.